The second-order valence-corrected chi connectivity index (χ2v) is 8.76. The lowest BCUT2D eigenvalue weighted by Gasteiger charge is -2.57. The van der Waals surface area contributed by atoms with Crippen LogP contribution < -0.4 is 0 Å². The van der Waals surface area contributed by atoms with Crippen LogP contribution >= 0.6 is 0 Å². The standard InChI is InChI=1S/C21H24O5/c1-19-7-5-13(23)9-12(19)3-4-14-15-6-8-21(26,17(25)11-22)20(15,2)10-16(24)18(14)19/h3-5,7,9,11,14-16,18,24,26H,6,8,10H2,1-2H3/t14-,15+,16-,18-,19-,20-,21+/m0/s1. The van der Waals surface area contributed by atoms with Crippen molar-refractivity contribution in [3.05, 3.63) is 36.0 Å². The third-order valence-electron chi connectivity index (χ3n) is 7.73. The van der Waals surface area contributed by atoms with Crippen LogP contribution in [0.3, 0.4) is 0 Å². The molecule has 0 aromatic carbocycles. The van der Waals surface area contributed by atoms with Gasteiger partial charge in [-0.2, -0.15) is 0 Å². The zero-order chi connectivity index (χ0) is 18.9. The molecule has 2 fully saturated rings. The zero-order valence-corrected chi connectivity index (χ0v) is 15.0. The highest BCUT2D eigenvalue weighted by atomic mass is 16.3. The number of fused-ring (bicyclic) bond motifs is 5. The summed E-state index contributed by atoms with van der Waals surface area (Å²) in [5.74, 6) is -1.01. The maximum absolute atomic E-state index is 12.2. The summed E-state index contributed by atoms with van der Waals surface area (Å²) in [6, 6.07) is 0. The minimum atomic E-state index is -1.71. The lowest BCUT2D eigenvalue weighted by atomic mass is 9.48. The predicted octanol–water partition coefficient (Wildman–Crippen LogP) is 1.54. The molecule has 0 spiro atoms. The number of rotatable bonds is 2. The van der Waals surface area contributed by atoms with E-state index in [1.165, 1.54) is 0 Å². The van der Waals surface area contributed by atoms with E-state index in [1.54, 1.807) is 12.2 Å². The van der Waals surface area contributed by atoms with Gasteiger partial charge in [-0.3, -0.25) is 14.4 Å². The Hall–Kier alpha value is -1.85. The number of Topliss-reactive ketones (excluding diaryl/α,β-unsaturated/α-hetero) is 1. The summed E-state index contributed by atoms with van der Waals surface area (Å²) in [7, 11) is 0. The molecule has 5 heteroatoms. The summed E-state index contributed by atoms with van der Waals surface area (Å²) < 4.78 is 0. The molecule has 0 radical (unpaired) electrons. The highest BCUT2D eigenvalue weighted by molar-refractivity contribution is 6.29. The minimum Gasteiger partial charge on any atom is -0.393 e. The van der Waals surface area contributed by atoms with Crippen molar-refractivity contribution in [2.24, 2.45) is 28.6 Å². The van der Waals surface area contributed by atoms with Gasteiger partial charge in [-0.1, -0.05) is 32.1 Å². The van der Waals surface area contributed by atoms with E-state index in [9.17, 15) is 24.6 Å². The maximum atomic E-state index is 12.2. The topological polar surface area (TPSA) is 91.7 Å². The molecule has 0 aromatic heterocycles. The molecule has 2 saturated carbocycles. The van der Waals surface area contributed by atoms with E-state index in [4.69, 9.17) is 0 Å². The van der Waals surface area contributed by atoms with Gasteiger partial charge in [0.2, 0.25) is 5.78 Å². The van der Waals surface area contributed by atoms with Gasteiger partial charge in [-0.15, -0.1) is 0 Å². The van der Waals surface area contributed by atoms with E-state index in [0.717, 1.165) is 5.57 Å². The van der Waals surface area contributed by atoms with Crippen LogP contribution in [0.25, 0.3) is 0 Å². The molecule has 0 heterocycles. The van der Waals surface area contributed by atoms with Gasteiger partial charge in [0.15, 0.2) is 12.1 Å². The Bertz CT molecular complexity index is 792. The number of carbonyl (C=O) groups is 3. The molecule has 0 bridgehead atoms. The normalized spacial score (nSPS) is 49.1. The van der Waals surface area contributed by atoms with Gasteiger partial charge < -0.3 is 10.2 Å². The van der Waals surface area contributed by atoms with Crippen molar-refractivity contribution in [3.63, 3.8) is 0 Å². The first-order valence-electron chi connectivity index (χ1n) is 9.21. The van der Waals surface area contributed by atoms with Crippen molar-refractivity contribution >= 4 is 17.9 Å². The van der Waals surface area contributed by atoms with Crippen LogP contribution in [0.15, 0.2) is 36.0 Å². The Morgan fingerprint density at radius 2 is 2.04 bits per heavy atom. The van der Waals surface area contributed by atoms with Crippen LogP contribution in [0.1, 0.15) is 33.1 Å². The molecule has 0 aromatic rings. The smallest absolute Gasteiger partial charge is 0.227 e. The molecule has 0 saturated heterocycles. The van der Waals surface area contributed by atoms with E-state index >= 15 is 0 Å². The lowest BCUT2D eigenvalue weighted by molar-refractivity contribution is -0.170. The van der Waals surface area contributed by atoms with Gasteiger partial charge >= 0.3 is 0 Å². The molecule has 26 heavy (non-hydrogen) atoms. The third-order valence-corrected chi connectivity index (χ3v) is 7.73. The second kappa shape index (κ2) is 5.33. The average molecular weight is 356 g/mol. The number of aliphatic hydroxyl groups is 2. The van der Waals surface area contributed by atoms with Crippen LogP contribution in [-0.2, 0) is 14.4 Å². The van der Waals surface area contributed by atoms with Crippen LogP contribution in [-0.4, -0.2) is 39.8 Å². The van der Waals surface area contributed by atoms with Crippen molar-refractivity contribution < 1.29 is 24.6 Å². The highest BCUT2D eigenvalue weighted by Gasteiger charge is 2.67. The van der Waals surface area contributed by atoms with Crippen molar-refractivity contribution in [3.8, 4) is 0 Å². The molecule has 5 nitrogen and oxygen atoms in total. The first-order chi connectivity index (χ1) is 12.2. The molecule has 2 N–H and O–H groups in total. The lowest BCUT2D eigenvalue weighted by Crippen LogP contribution is -2.60. The van der Waals surface area contributed by atoms with Crippen molar-refractivity contribution in [2.75, 3.05) is 0 Å². The Kier molecular flexibility index (Phi) is 3.60. The molecule has 0 aliphatic heterocycles. The van der Waals surface area contributed by atoms with Gasteiger partial charge in [-0.05, 0) is 48.8 Å². The van der Waals surface area contributed by atoms with Gasteiger partial charge in [0, 0.05) is 16.7 Å². The van der Waals surface area contributed by atoms with E-state index in [1.807, 2.05) is 32.1 Å². The second-order valence-electron chi connectivity index (χ2n) is 8.76. The molecular formula is C21H24O5. The first kappa shape index (κ1) is 17.6. The summed E-state index contributed by atoms with van der Waals surface area (Å²) in [6.45, 7) is 3.86. The largest absolute Gasteiger partial charge is 0.393 e. The van der Waals surface area contributed by atoms with Crippen molar-refractivity contribution in [1.29, 1.82) is 0 Å². The molecule has 4 rings (SSSR count). The van der Waals surface area contributed by atoms with E-state index < -0.39 is 28.3 Å². The fourth-order valence-corrected chi connectivity index (χ4v) is 6.29. The number of allylic oxidation sites excluding steroid dienone is 6. The van der Waals surface area contributed by atoms with Crippen molar-refractivity contribution in [2.45, 2.75) is 44.8 Å². The molecule has 7 atom stereocenters. The van der Waals surface area contributed by atoms with Crippen LogP contribution in [0.4, 0.5) is 0 Å². The summed E-state index contributed by atoms with van der Waals surface area (Å²) in [4.78, 5) is 35.1. The summed E-state index contributed by atoms with van der Waals surface area (Å²) in [5.41, 5.74) is -2.12. The Morgan fingerprint density at radius 1 is 1.31 bits per heavy atom. The number of aliphatic hydroxyl groups excluding tert-OH is 1. The number of ketones is 2. The SMILES string of the molecule is C[C@]12C=CC(=O)C=C1C=C[C@@H]1[C@H]2[C@@H](O)C[C@@]2(C)[C@@H]1CC[C@@]2(O)C(=O)C=O. The Balaban J connectivity index is 1.81. The molecule has 4 aliphatic rings. The number of aldehydes is 1. The van der Waals surface area contributed by atoms with E-state index in [2.05, 4.69) is 0 Å². The highest BCUT2D eigenvalue weighted by Crippen LogP contribution is 2.65. The summed E-state index contributed by atoms with van der Waals surface area (Å²) >= 11 is 0. The minimum absolute atomic E-state index is 0.00884. The van der Waals surface area contributed by atoms with Gasteiger partial charge in [0.25, 0.3) is 0 Å². The Labute approximate surface area is 152 Å². The predicted molar refractivity (Wildman–Crippen MR) is 93.9 cm³/mol. The fraction of sp³-hybridized carbons (Fsp3) is 0.571. The molecule has 4 aliphatic carbocycles. The van der Waals surface area contributed by atoms with Crippen molar-refractivity contribution in [1.82, 2.24) is 0 Å². The summed E-state index contributed by atoms with van der Waals surface area (Å²) in [6.07, 6.45) is 9.61. The third kappa shape index (κ3) is 1.96. The Morgan fingerprint density at radius 3 is 2.73 bits per heavy atom. The number of hydrogen-bond acceptors (Lipinski definition) is 5. The monoisotopic (exact) mass is 356 g/mol. The average Bonchev–Trinajstić information content (AvgIpc) is 2.86. The molecule has 0 amide bonds. The van der Waals surface area contributed by atoms with Gasteiger partial charge in [0.05, 0.1) is 6.10 Å². The number of hydrogen-bond donors (Lipinski definition) is 2. The van der Waals surface area contributed by atoms with Gasteiger partial charge in [0.1, 0.15) is 5.60 Å². The van der Waals surface area contributed by atoms with Crippen LogP contribution in [0.2, 0.25) is 0 Å². The molecule has 138 valence electrons. The van der Waals surface area contributed by atoms with E-state index in [0.29, 0.717) is 6.42 Å². The van der Waals surface area contributed by atoms with Crippen LogP contribution in [0, 0.1) is 28.6 Å². The van der Waals surface area contributed by atoms with Crippen LogP contribution in [0.5, 0.6) is 0 Å². The van der Waals surface area contributed by atoms with Gasteiger partial charge in [-0.25, -0.2) is 0 Å². The first-order valence-corrected chi connectivity index (χ1v) is 9.21. The van der Waals surface area contributed by atoms with E-state index in [-0.39, 0.29) is 42.7 Å². The maximum Gasteiger partial charge on any atom is 0.227 e. The zero-order valence-electron chi connectivity index (χ0n) is 15.0. The number of carbonyl (C=O) groups excluding carboxylic acids is 3. The molecular weight excluding hydrogens is 332 g/mol. The fourth-order valence-electron chi connectivity index (χ4n) is 6.29. The quantitative estimate of drug-likeness (QED) is 0.578. The summed E-state index contributed by atoms with van der Waals surface area (Å²) in [5, 5.41) is 22.2. The molecule has 0 unspecified atom stereocenters.